The van der Waals surface area contributed by atoms with Gasteiger partial charge in [0.1, 0.15) is 0 Å². The van der Waals surface area contributed by atoms with Crippen molar-refractivity contribution < 1.29 is 20.4 Å². The SMILES string of the molecule is CC(O)(CCO)C(CO)CO. The van der Waals surface area contributed by atoms with Crippen LogP contribution in [0.2, 0.25) is 0 Å². The highest BCUT2D eigenvalue weighted by atomic mass is 16.3. The molecule has 4 heteroatoms. The molecule has 68 valence electrons. The zero-order valence-corrected chi connectivity index (χ0v) is 6.69. The molecular formula is C7H16O4. The third-order valence-corrected chi connectivity index (χ3v) is 1.94. The van der Waals surface area contributed by atoms with Gasteiger partial charge in [-0.3, -0.25) is 0 Å². The van der Waals surface area contributed by atoms with Crippen LogP contribution in [0.25, 0.3) is 0 Å². The number of aliphatic hydroxyl groups excluding tert-OH is 3. The molecule has 0 aliphatic carbocycles. The van der Waals surface area contributed by atoms with Crippen LogP contribution >= 0.6 is 0 Å². The minimum absolute atomic E-state index is 0.149. The summed E-state index contributed by atoms with van der Waals surface area (Å²) < 4.78 is 0. The lowest BCUT2D eigenvalue weighted by atomic mass is 9.88. The molecule has 0 saturated carbocycles. The van der Waals surface area contributed by atoms with Crippen LogP contribution in [-0.2, 0) is 0 Å². The topological polar surface area (TPSA) is 80.9 Å². The fourth-order valence-corrected chi connectivity index (χ4v) is 0.882. The van der Waals surface area contributed by atoms with Gasteiger partial charge in [0.25, 0.3) is 0 Å². The highest BCUT2D eigenvalue weighted by molar-refractivity contribution is 4.80. The van der Waals surface area contributed by atoms with E-state index in [1.54, 1.807) is 0 Å². The molecule has 1 atom stereocenters. The summed E-state index contributed by atoms with van der Waals surface area (Å²) in [6.45, 7) is 0.789. The van der Waals surface area contributed by atoms with E-state index in [1.165, 1.54) is 6.92 Å². The van der Waals surface area contributed by atoms with Gasteiger partial charge in [-0.05, 0) is 13.3 Å². The van der Waals surface area contributed by atoms with Gasteiger partial charge < -0.3 is 20.4 Å². The fourth-order valence-electron chi connectivity index (χ4n) is 0.882. The molecule has 0 saturated heterocycles. The van der Waals surface area contributed by atoms with E-state index >= 15 is 0 Å². The van der Waals surface area contributed by atoms with Crippen molar-refractivity contribution in [1.82, 2.24) is 0 Å². The van der Waals surface area contributed by atoms with Gasteiger partial charge in [0.2, 0.25) is 0 Å². The Kier molecular flexibility index (Phi) is 4.60. The number of aliphatic hydroxyl groups is 4. The average Bonchev–Trinajstić information content (AvgIpc) is 1.89. The molecule has 0 heterocycles. The molecule has 0 aromatic heterocycles. The van der Waals surface area contributed by atoms with Crippen LogP contribution in [0.1, 0.15) is 13.3 Å². The summed E-state index contributed by atoms with van der Waals surface area (Å²) in [5, 5.41) is 35.4. The van der Waals surface area contributed by atoms with Gasteiger partial charge in [0.05, 0.1) is 18.8 Å². The lowest BCUT2D eigenvalue weighted by Gasteiger charge is -2.29. The first-order chi connectivity index (χ1) is 5.08. The van der Waals surface area contributed by atoms with E-state index in [2.05, 4.69) is 0 Å². The molecule has 0 aliphatic heterocycles. The maximum Gasteiger partial charge on any atom is 0.0713 e. The summed E-state index contributed by atoms with van der Waals surface area (Å²) in [7, 11) is 0. The molecular weight excluding hydrogens is 148 g/mol. The van der Waals surface area contributed by atoms with Crippen molar-refractivity contribution in [2.45, 2.75) is 18.9 Å². The second-order valence-electron chi connectivity index (χ2n) is 2.89. The predicted molar refractivity (Wildman–Crippen MR) is 40.0 cm³/mol. The molecule has 0 radical (unpaired) electrons. The minimum Gasteiger partial charge on any atom is -0.396 e. The van der Waals surface area contributed by atoms with Gasteiger partial charge in [-0.25, -0.2) is 0 Å². The van der Waals surface area contributed by atoms with Crippen LogP contribution in [0.4, 0.5) is 0 Å². The standard InChI is InChI=1S/C7H16O4/c1-7(11,2-3-8)6(4-9)5-10/h6,8-11H,2-5H2,1H3. The molecule has 0 aromatic carbocycles. The number of hydrogen-bond acceptors (Lipinski definition) is 4. The van der Waals surface area contributed by atoms with Crippen LogP contribution < -0.4 is 0 Å². The lowest BCUT2D eigenvalue weighted by Crippen LogP contribution is -2.39. The lowest BCUT2D eigenvalue weighted by molar-refractivity contribution is -0.0595. The highest BCUT2D eigenvalue weighted by Crippen LogP contribution is 2.19. The Bertz CT molecular complexity index is 98.6. The molecule has 1 unspecified atom stereocenters. The molecule has 4 nitrogen and oxygen atoms in total. The maximum absolute atomic E-state index is 9.49. The molecule has 0 rings (SSSR count). The summed E-state index contributed by atoms with van der Waals surface area (Å²) in [6, 6.07) is 0. The number of hydrogen-bond donors (Lipinski definition) is 4. The molecule has 0 fully saturated rings. The minimum atomic E-state index is -1.18. The summed E-state index contributed by atoms with van der Waals surface area (Å²) in [5.74, 6) is -0.574. The van der Waals surface area contributed by atoms with E-state index < -0.39 is 11.5 Å². The van der Waals surface area contributed by atoms with Crippen molar-refractivity contribution in [3.8, 4) is 0 Å². The second kappa shape index (κ2) is 4.66. The first-order valence-electron chi connectivity index (χ1n) is 3.63. The Morgan fingerprint density at radius 1 is 1.18 bits per heavy atom. The van der Waals surface area contributed by atoms with E-state index in [1.807, 2.05) is 0 Å². The Morgan fingerprint density at radius 2 is 1.64 bits per heavy atom. The first kappa shape index (κ1) is 10.8. The van der Waals surface area contributed by atoms with Gasteiger partial charge in [-0.2, -0.15) is 0 Å². The summed E-state index contributed by atoms with van der Waals surface area (Å²) >= 11 is 0. The third-order valence-electron chi connectivity index (χ3n) is 1.94. The van der Waals surface area contributed by atoms with Crippen LogP contribution in [0.15, 0.2) is 0 Å². The molecule has 11 heavy (non-hydrogen) atoms. The molecule has 4 N–H and O–H groups in total. The van der Waals surface area contributed by atoms with E-state index in [0.717, 1.165) is 0 Å². The predicted octanol–water partition coefficient (Wildman–Crippen LogP) is -1.28. The molecule has 0 spiro atoms. The maximum atomic E-state index is 9.49. The Balaban J connectivity index is 4.00. The molecule has 0 aliphatic rings. The van der Waals surface area contributed by atoms with Crippen molar-refractivity contribution in [3.05, 3.63) is 0 Å². The van der Waals surface area contributed by atoms with Gasteiger partial charge in [0, 0.05) is 12.5 Å². The van der Waals surface area contributed by atoms with Crippen molar-refractivity contribution in [2.75, 3.05) is 19.8 Å². The van der Waals surface area contributed by atoms with Gasteiger partial charge in [-0.1, -0.05) is 0 Å². The zero-order chi connectivity index (χ0) is 8.91. The molecule has 0 bridgehead atoms. The van der Waals surface area contributed by atoms with Crippen molar-refractivity contribution in [1.29, 1.82) is 0 Å². The van der Waals surface area contributed by atoms with E-state index in [-0.39, 0.29) is 26.2 Å². The van der Waals surface area contributed by atoms with Gasteiger partial charge in [0.15, 0.2) is 0 Å². The average molecular weight is 164 g/mol. The van der Waals surface area contributed by atoms with Crippen molar-refractivity contribution in [2.24, 2.45) is 5.92 Å². The smallest absolute Gasteiger partial charge is 0.0713 e. The summed E-state index contributed by atoms with van der Waals surface area (Å²) in [6.07, 6.45) is 0.165. The first-order valence-corrected chi connectivity index (χ1v) is 3.63. The third kappa shape index (κ3) is 3.16. The highest BCUT2D eigenvalue weighted by Gasteiger charge is 2.29. The normalized spacial score (nSPS) is 16.9. The largest absolute Gasteiger partial charge is 0.396 e. The Morgan fingerprint density at radius 3 is 1.91 bits per heavy atom. The van der Waals surface area contributed by atoms with Crippen LogP contribution in [-0.4, -0.2) is 45.8 Å². The van der Waals surface area contributed by atoms with Gasteiger partial charge >= 0.3 is 0 Å². The van der Waals surface area contributed by atoms with E-state index in [9.17, 15) is 5.11 Å². The fraction of sp³-hybridized carbons (Fsp3) is 1.00. The van der Waals surface area contributed by atoms with E-state index in [0.29, 0.717) is 0 Å². The molecule has 0 aromatic rings. The van der Waals surface area contributed by atoms with Crippen LogP contribution in [0, 0.1) is 5.92 Å². The van der Waals surface area contributed by atoms with Crippen molar-refractivity contribution in [3.63, 3.8) is 0 Å². The van der Waals surface area contributed by atoms with Crippen LogP contribution in [0.5, 0.6) is 0 Å². The Labute approximate surface area is 66.1 Å². The monoisotopic (exact) mass is 164 g/mol. The van der Waals surface area contributed by atoms with Gasteiger partial charge in [-0.15, -0.1) is 0 Å². The van der Waals surface area contributed by atoms with E-state index in [4.69, 9.17) is 15.3 Å². The second-order valence-corrected chi connectivity index (χ2v) is 2.89. The molecule has 0 amide bonds. The van der Waals surface area contributed by atoms with Crippen LogP contribution in [0.3, 0.4) is 0 Å². The Hall–Kier alpha value is -0.160. The van der Waals surface area contributed by atoms with Crippen molar-refractivity contribution >= 4 is 0 Å². The summed E-state index contributed by atoms with van der Waals surface area (Å²) in [5.41, 5.74) is -1.18. The quantitative estimate of drug-likeness (QED) is 0.408. The number of rotatable bonds is 5. The zero-order valence-electron chi connectivity index (χ0n) is 6.69. The summed E-state index contributed by atoms with van der Waals surface area (Å²) in [4.78, 5) is 0.